The van der Waals surface area contributed by atoms with Crippen LogP contribution in [0.4, 0.5) is 19.0 Å². The fourth-order valence-corrected chi connectivity index (χ4v) is 2.84. The van der Waals surface area contributed by atoms with E-state index >= 15 is 0 Å². The van der Waals surface area contributed by atoms with E-state index in [1.807, 2.05) is 0 Å². The van der Waals surface area contributed by atoms with Crippen LogP contribution in [0.2, 0.25) is 5.02 Å². The van der Waals surface area contributed by atoms with Crippen LogP contribution in [-0.2, 0) is 16.0 Å². The molecule has 2 rings (SSSR count). The Morgan fingerprint density at radius 1 is 1.21 bits per heavy atom. The molecule has 0 spiro atoms. The average Bonchev–Trinajstić information content (AvgIpc) is 2.47. The number of hydrogen-bond donors (Lipinski definition) is 1. The molecule has 0 bridgehead atoms. The SMILES string of the molecule is CC(Nc1ncc(C(F)(F)F)cc1Cl)c1ccc(S(C)(=O)=O)cc1. The fourth-order valence-electron chi connectivity index (χ4n) is 1.99. The fraction of sp³-hybridized carbons (Fsp3) is 0.267. The van der Waals surface area contributed by atoms with Crippen molar-refractivity contribution in [2.75, 3.05) is 11.6 Å². The van der Waals surface area contributed by atoms with Crippen molar-refractivity contribution in [2.45, 2.75) is 24.0 Å². The molecule has 1 heterocycles. The van der Waals surface area contributed by atoms with E-state index < -0.39 is 21.6 Å². The van der Waals surface area contributed by atoms with Gasteiger partial charge < -0.3 is 5.32 Å². The van der Waals surface area contributed by atoms with Gasteiger partial charge in [-0.2, -0.15) is 13.2 Å². The molecular formula is C15H14ClF3N2O2S. The van der Waals surface area contributed by atoms with Gasteiger partial charge in [0, 0.05) is 18.5 Å². The van der Waals surface area contributed by atoms with Gasteiger partial charge in [-0.25, -0.2) is 13.4 Å². The van der Waals surface area contributed by atoms with Gasteiger partial charge in [-0.15, -0.1) is 0 Å². The van der Waals surface area contributed by atoms with Crippen LogP contribution in [0.25, 0.3) is 0 Å². The molecule has 1 atom stereocenters. The van der Waals surface area contributed by atoms with Gasteiger partial charge in [0.25, 0.3) is 0 Å². The van der Waals surface area contributed by atoms with Gasteiger partial charge in [-0.05, 0) is 30.7 Å². The molecule has 0 saturated heterocycles. The molecule has 0 radical (unpaired) electrons. The second-order valence-electron chi connectivity index (χ2n) is 5.26. The maximum absolute atomic E-state index is 12.6. The third kappa shape index (κ3) is 4.39. The summed E-state index contributed by atoms with van der Waals surface area (Å²) in [5, 5.41) is 2.75. The highest BCUT2D eigenvalue weighted by Crippen LogP contribution is 2.33. The number of nitrogens with one attached hydrogen (secondary N) is 1. The Morgan fingerprint density at radius 2 is 1.79 bits per heavy atom. The third-order valence-corrected chi connectivity index (χ3v) is 4.75. The van der Waals surface area contributed by atoms with Gasteiger partial charge >= 0.3 is 6.18 Å². The van der Waals surface area contributed by atoms with E-state index in [1.165, 1.54) is 12.1 Å². The van der Waals surface area contributed by atoms with Crippen LogP contribution < -0.4 is 5.32 Å². The lowest BCUT2D eigenvalue weighted by molar-refractivity contribution is -0.137. The smallest absolute Gasteiger partial charge is 0.362 e. The molecule has 4 nitrogen and oxygen atoms in total. The van der Waals surface area contributed by atoms with Crippen molar-refractivity contribution < 1.29 is 21.6 Å². The van der Waals surface area contributed by atoms with E-state index in [9.17, 15) is 21.6 Å². The van der Waals surface area contributed by atoms with Crippen molar-refractivity contribution in [1.82, 2.24) is 4.98 Å². The Morgan fingerprint density at radius 3 is 2.25 bits per heavy atom. The van der Waals surface area contributed by atoms with Crippen LogP contribution in [0.15, 0.2) is 41.4 Å². The molecule has 0 saturated carbocycles. The Kier molecular flexibility index (Phi) is 5.10. The number of benzene rings is 1. The molecule has 9 heteroatoms. The Bertz CT molecular complexity index is 837. The number of halogens is 4. The second-order valence-corrected chi connectivity index (χ2v) is 7.68. The first-order valence-electron chi connectivity index (χ1n) is 6.78. The first-order chi connectivity index (χ1) is 11.0. The normalized spacial score (nSPS) is 13.6. The van der Waals surface area contributed by atoms with Gasteiger partial charge in [0.15, 0.2) is 9.84 Å². The highest BCUT2D eigenvalue weighted by Gasteiger charge is 2.31. The molecule has 0 aliphatic rings. The molecule has 130 valence electrons. The molecule has 1 N–H and O–H groups in total. The highest BCUT2D eigenvalue weighted by atomic mass is 35.5. The lowest BCUT2D eigenvalue weighted by Gasteiger charge is -2.17. The van der Waals surface area contributed by atoms with Gasteiger partial charge in [0.05, 0.1) is 15.5 Å². The second kappa shape index (κ2) is 6.60. The Labute approximate surface area is 142 Å². The maximum Gasteiger partial charge on any atom is 0.417 e. The molecule has 0 fully saturated rings. The monoisotopic (exact) mass is 378 g/mol. The largest absolute Gasteiger partial charge is 0.417 e. The maximum atomic E-state index is 12.6. The van der Waals surface area contributed by atoms with Crippen LogP contribution in [-0.4, -0.2) is 19.7 Å². The zero-order valence-corrected chi connectivity index (χ0v) is 14.3. The molecule has 1 unspecified atom stereocenters. The summed E-state index contributed by atoms with van der Waals surface area (Å²) in [6, 6.07) is 6.63. The molecule has 2 aromatic rings. The lowest BCUT2D eigenvalue weighted by Crippen LogP contribution is -2.11. The van der Waals surface area contributed by atoms with Gasteiger partial charge in [-0.1, -0.05) is 23.7 Å². The zero-order valence-electron chi connectivity index (χ0n) is 12.7. The van der Waals surface area contributed by atoms with E-state index in [4.69, 9.17) is 11.6 Å². The summed E-state index contributed by atoms with van der Waals surface area (Å²) in [4.78, 5) is 3.89. The van der Waals surface area contributed by atoms with E-state index in [0.717, 1.165) is 17.9 Å². The van der Waals surface area contributed by atoms with Crippen LogP contribution in [0.1, 0.15) is 24.1 Å². The molecule has 1 aromatic heterocycles. The average molecular weight is 379 g/mol. The number of rotatable bonds is 4. The molecule has 24 heavy (non-hydrogen) atoms. The first-order valence-corrected chi connectivity index (χ1v) is 9.04. The number of nitrogens with zero attached hydrogens (tertiary/aromatic N) is 1. The van der Waals surface area contributed by atoms with Crippen molar-refractivity contribution in [3.8, 4) is 0 Å². The van der Waals surface area contributed by atoms with Crippen molar-refractivity contribution in [1.29, 1.82) is 0 Å². The summed E-state index contributed by atoms with van der Waals surface area (Å²) in [6.07, 6.45) is -2.70. The molecule has 0 amide bonds. The molecule has 0 aliphatic carbocycles. The van der Waals surface area contributed by atoms with Gasteiger partial charge in [0.1, 0.15) is 5.82 Å². The topological polar surface area (TPSA) is 59.1 Å². The number of pyridine rings is 1. The zero-order chi connectivity index (χ0) is 18.1. The van der Waals surface area contributed by atoms with Crippen LogP contribution in [0, 0.1) is 0 Å². The number of hydrogen-bond acceptors (Lipinski definition) is 4. The quantitative estimate of drug-likeness (QED) is 0.860. The number of sulfone groups is 1. The summed E-state index contributed by atoms with van der Waals surface area (Å²) in [5.74, 6) is 0.115. The van der Waals surface area contributed by atoms with E-state index in [2.05, 4.69) is 10.3 Å². The predicted molar refractivity (Wildman–Crippen MR) is 85.8 cm³/mol. The summed E-state index contributed by atoms with van der Waals surface area (Å²) in [5.41, 5.74) is -0.191. The predicted octanol–water partition coefficient (Wildman–Crippen LogP) is 4.33. The van der Waals surface area contributed by atoms with Gasteiger partial charge in [0.2, 0.25) is 0 Å². The summed E-state index contributed by atoms with van der Waals surface area (Å²) in [6.45, 7) is 1.76. The summed E-state index contributed by atoms with van der Waals surface area (Å²) >= 11 is 5.85. The van der Waals surface area contributed by atoms with Crippen LogP contribution in [0.5, 0.6) is 0 Å². The van der Waals surface area contributed by atoms with Gasteiger partial charge in [-0.3, -0.25) is 0 Å². The van der Waals surface area contributed by atoms with Crippen molar-refractivity contribution >= 4 is 27.3 Å². The van der Waals surface area contributed by atoms with Crippen LogP contribution in [0.3, 0.4) is 0 Å². The lowest BCUT2D eigenvalue weighted by atomic mass is 10.1. The number of anilines is 1. The van der Waals surface area contributed by atoms with E-state index in [1.54, 1.807) is 19.1 Å². The van der Waals surface area contributed by atoms with Crippen molar-refractivity contribution in [2.24, 2.45) is 0 Å². The third-order valence-electron chi connectivity index (χ3n) is 3.33. The van der Waals surface area contributed by atoms with Crippen molar-refractivity contribution in [3.05, 3.63) is 52.7 Å². The standard InChI is InChI=1S/C15H14ClF3N2O2S/c1-9(10-3-5-12(6-4-10)24(2,22)23)21-14-13(16)7-11(8-20-14)15(17,18)19/h3-9H,1-2H3,(H,20,21). The van der Waals surface area contributed by atoms with E-state index in [0.29, 0.717) is 6.20 Å². The molecule has 0 aliphatic heterocycles. The molecular weight excluding hydrogens is 365 g/mol. The minimum absolute atomic E-state index is 0.115. The highest BCUT2D eigenvalue weighted by molar-refractivity contribution is 7.90. The minimum Gasteiger partial charge on any atom is -0.362 e. The van der Waals surface area contributed by atoms with E-state index in [-0.39, 0.29) is 21.8 Å². The summed E-state index contributed by atoms with van der Waals surface area (Å²) in [7, 11) is -3.29. The molecule has 1 aromatic carbocycles. The first kappa shape index (κ1) is 18.5. The summed E-state index contributed by atoms with van der Waals surface area (Å²) < 4.78 is 60.6. The number of aromatic nitrogens is 1. The Balaban J connectivity index is 2.19. The van der Waals surface area contributed by atoms with Crippen molar-refractivity contribution in [3.63, 3.8) is 0 Å². The van der Waals surface area contributed by atoms with Crippen LogP contribution >= 0.6 is 11.6 Å². The number of alkyl halides is 3. The minimum atomic E-state index is -4.51. The Hall–Kier alpha value is -1.80.